The molecule has 4 nitrogen and oxygen atoms in total. The minimum Gasteiger partial charge on any atom is -0.462 e. The fourth-order valence-corrected chi connectivity index (χ4v) is 2.82. The van der Waals surface area contributed by atoms with Crippen molar-refractivity contribution < 1.29 is 19.0 Å². The van der Waals surface area contributed by atoms with Gasteiger partial charge in [-0.05, 0) is 44.2 Å². The van der Waals surface area contributed by atoms with E-state index in [0.29, 0.717) is 19.4 Å². The van der Waals surface area contributed by atoms with Gasteiger partial charge in [0.05, 0.1) is 18.8 Å². The number of ether oxygens (including phenoxy) is 3. The summed E-state index contributed by atoms with van der Waals surface area (Å²) in [5, 5.41) is 0. The number of carbonyl (C=O) groups is 1. The molecule has 2 rings (SSSR count). The molecule has 0 fully saturated rings. The fraction of sp³-hybridized carbons (Fsp3) is 0.435. The Balaban J connectivity index is 1.96. The SMILES string of the molecule is CCCOC(=O)C(OC(C)Cc1ccccc1)OC(C)Cc1ccccc1. The summed E-state index contributed by atoms with van der Waals surface area (Å²) < 4.78 is 17.1. The number of esters is 1. The molecule has 2 atom stereocenters. The largest absolute Gasteiger partial charge is 0.462 e. The van der Waals surface area contributed by atoms with Gasteiger partial charge in [0.15, 0.2) is 0 Å². The second-order valence-electron chi connectivity index (χ2n) is 6.77. The maximum Gasteiger partial charge on any atom is 0.363 e. The number of hydrogen-bond donors (Lipinski definition) is 0. The van der Waals surface area contributed by atoms with E-state index in [1.807, 2.05) is 81.4 Å². The average Bonchev–Trinajstić information content (AvgIpc) is 2.67. The molecular formula is C23H30O4. The third-order valence-electron chi connectivity index (χ3n) is 4.08. The van der Waals surface area contributed by atoms with Crippen LogP contribution in [-0.4, -0.2) is 31.1 Å². The van der Waals surface area contributed by atoms with Crippen LogP contribution in [0.15, 0.2) is 60.7 Å². The molecule has 0 aliphatic rings. The van der Waals surface area contributed by atoms with E-state index in [1.165, 1.54) is 0 Å². The van der Waals surface area contributed by atoms with Gasteiger partial charge < -0.3 is 14.2 Å². The predicted octanol–water partition coefficient (Wildman–Crippen LogP) is 4.56. The monoisotopic (exact) mass is 370 g/mol. The third-order valence-corrected chi connectivity index (χ3v) is 4.08. The lowest BCUT2D eigenvalue weighted by atomic mass is 10.1. The van der Waals surface area contributed by atoms with Crippen LogP contribution >= 0.6 is 0 Å². The van der Waals surface area contributed by atoms with Crippen LogP contribution in [0.2, 0.25) is 0 Å². The van der Waals surface area contributed by atoms with Gasteiger partial charge in [0.25, 0.3) is 6.29 Å². The van der Waals surface area contributed by atoms with Crippen LogP contribution in [0.1, 0.15) is 38.3 Å². The van der Waals surface area contributed by atoms with Crippen molar-refractivity contribution in [2.45, 2.75) is 58.5 Å². The molecule has 0 aliphatic carbocycles. The Morgan fingerprint density at radius 1 is 0.815 bits per heavy atom. The summed E-state index contributed by atoms with van der Waals surface area (Å²) >= 11 is 0. The molecule has 0 N–H and O–H groups in total. The maximum atomic E-state index is 12.4. The maximum absolute atomic E-state index is 12.4. The van der Waals surface area contributed by atoms with Gasteiger partial charge in [0.1, 0.15) is 0 Å². The number of hydrogen-bond acceptors (Lipinski definition) is 4. The Morgan fingerprint density at radius 2 is 1.26 bits per heavy atom. The second kappa shape index (κ2) is 11.5. The van der Waals surface area contributed by atoms with E-state index in [0.717, 1.165) is 17.5 Å². The number of carbonyl (C=O) groups excluding carboxylic acids is 1. The standard InChI is InChI=1S/C23H30O4/c1-4-15-25-22(24)23(26-18(2)16-20-11-7-5-8-12-20)27-19(3)17-21-13-9-6-10-14-21/h5-14,18-19,23H,4,15-17H2,1-3H3. The summed E-state index contributed by atoms with van der Waals surface area (Å²) in [4.78, 5) is 12.4. The van der Waals surface area contributed by atoms with E-state index in [2.05, 4.69) is 0 Å². The fourth-order valence-electron chi connectivity index (χ4n) is 2.82. The van der Waals surface area contributed by atoms with Crippen molar-refractivity contribution >= 4 is 5.97 Å². The Morgan fingerprint density at radius 3 is 1.67 bits per heavy atom. The molecule has 0 radical (unpaired) electrons. The lowest BCUT2D eigenvalue weighted by Gasteiger charge is -2.24. The molecule has 0 saturated heterocycles. The zero-order chi connectivity index (χ0) is 19.5. The van der Waals surface area contributed by atoms with Crippen molar-refractivity contribution in [2.75, 3.05) is 6.61 Å². The Labute approximate surface area is 162 Å². The molecule has 0 amide bonds. The van der Waals surface area contributed by atoms with Crippen LogP contribution in [0.5, 0.6) is 0 Å². The van der Waals surface area contributed by atoms with Gasteiger partial charge >= 0.3 is 5.97 Å². The first-order valence-corrected chi connectivity index (χ1v) is 9.64. The minimum atomic E-state index is -1.02. The highest BCUT2D eigenvalue weighted by atomic mass is 16.7. The van der Waals surface area contributed by atoms with Gasteiger partial charge in [0, 0.05) is 0 Å². The highest BCUT2D eigenvalue weighted by Crippen LogP contribution is 2.14. The lowest BCUT2D eigenvalue weighted by molar-refractivity contribution is -0.214. The van der Waals surface area contributed by atoms with E-state index in [9.17, 15) is 4.79 Å². The van der Waals surface area contributed by atoms with Gasteiger partial charge in [-0.1, -0.05) is 67.6 Å². The zero-order valence-electron chi connectivity index (χ0n) is 16.5. The van der Waals surface area contributed by atoms with Gasteiger partial charge in [-0.15, -0.1) is 0 Å². The van der Waals surface area contributed by atoms with Crippen LogP contribution in [0, 0.1) is 0 Å². The molecule has 0 aromatic heterocycles. The highest BCUT2D eigenvalue weighted by Gasteiger charge is 2.26. The molecule has 0 bridgehead atoms. The number of rotatable bonds is 11. The molecule has 0 aliphatic heterocycles. The smallest absolute Gasteiger partial charge is 0.363 e. The Bertz CT molecular complexity index is 607. The molecule has 4 heteroatoms. The van der Waals surface area contributed by atoms with Gasteiger partial charge in [0.2, 0.25) is 0 Å². The summed E-state index contributed by atoms with van der Waals surface area (Å²) in [6.07, 6.45) is 0.807. The van der Waals surface area contributed by atoms with Crippen LogP contribution in [0.3, 0.4) is 0 Å². The van der Waals surface area contributed by atoms with E-state index in [1.54, 1.807) is 0 Å². The molecule has 2 unspecified atom stereocenters. The summed E-state index contributed by atoms with van der Waals surface area (Å²) in [6.45, 7) is 6.21. The van der Waals surface area contributed by atoms with Crippen molar-refractivity contribution in [1.29, 1.82) is 0 Å². The molecule has 27 heavy (non-hydrogen) atoms. The summed E-state index contributed by atoms with van der Waals surface area (Å²) in [5.74, 6) is -0.461. The van der Waals surface area contributed by atoms with Crippen molar-refractivity contribution in [1.82, 2.24) is 0 Å². The molecule has 0 spiro atoms. The van der Waals surface area contributed by atoms with Crippen LogP contribution in [0.25, 0.3) is 0 Å². The topological polar surface area (TPSA) is 44.8 Å². The molecule has 0 heterocycles. The van der Waals surface area contributed by atoms with Crippen LogP contribution < -0.4 is 0 Å². The Kier molecular flexibility index (Phi) is 9.02. The van der Waals surface area contributed by atoms with Crippen molar-refractivity contribution in [2.24, 2.45) is 0 Å². The van der Waals surface area contributed by atoms with Crippen LogP contribution in [-0.2, 0) is 31.8 Å². The first-order chi connectivity index (χ1) is 13.1. The van der Waals surface area contributed by atoms with Crippen molar-refractivity contribution in [3.8, 4) is 0 Å². The van der Waals surface area contributed by atoms with Gasteiger partial charge in [-0.25, -0.2) is 4.79 Å². The van der Waals surface area contributed by atoms with Crippen LogP contribution in [0.4, 0.5) is 0 Å². The van der Waals surface area contributed by atoms with E-state index in [4.69, 9.17) is 14.2 Å². The molecule has 2 aromatic rings. The quantitative estimate of drug-likeness (QED) is 0.430. The minimum absolute atomic E-state index is 0.171. The van der Waals surface area contributed by atoms with Crippen molar-refractivity contribution in [3.05, 3.63) is 71.8 Å². The summed E-state index contributed by atoms with van der Waals surface area (Å²) in [7, 11) is 0. The molecule has 146 valence electrons. The highest BCUT2D eigenvalue weighted by molar-refractivity contribution is 5.73. The molecule has 2 aromatic carbocycles. The van der Waals surface area contributed by atoms with E-state index < -0.39 is 12.3 Å². The number of benzene rings is 2. The zero-order valence-corrected chi connectivity index (χ0v) is 16.5. The first-order valence-electron chi connectivity index (χ1n) is 9.64. The van der Waals surface area contributed by atoms with Gasteiger partial charge in [-0.2, -0.15) is 0 Å². The summed E-state index contributed by atoms with van der Waals surface area (Å²) in [5.41, 5.74) is 2.31. The summed E-state index contributed by atoms with van der Waals surface area (Å²) in [6, 6.07) is 20.1. The lowest BCUT2D eigenvalue weighted by Crippen LogP contribution is -2.36. The normalized spacial score (nSPS) is 14.3. The average molecular weight is 370 g/mol. The van der Waals surface area contributed by atoms with E-state index in [-0.39, 0.29) is 12.2 Å². The van der Waals surface area contributed by atoms with Crippen molar-refractivity contribution in [3.63, 3.8) is 0 Å². The predicted molar refractivity (Wildman–Crippen MR) is 106 cm³/mol. The molecule has 0 saturated carbocycles. The Hall–Kier alpha value is -2.17. The van der Waals surface area contributed by atoms with Gasteiger partial charge in [-0.3, -0.25) is 0 Å². The first kappa shape index (κ1) is 21.1. The van der Waals surface area contributed by atoms with E-state index >= 15 is 0 Å². The second-order valence-corrected chi connectivity index (χ2v) is 6.77. The third kappa shape index (κ3) is 7.94. The molecular weight excluding hydrogens is 340 g/mol.